The number of methoxy groups -OCH3 is 1. The van der Waals surface area contributed by atoms with E-state index in [4.69, 9.17) is 24.7 Å². The number of aliphatic hydroxyl groups is 2. The molecule has 3 heterocycles. The van der Waals surface area contributed by atoms with E-state index < -0.39 is 83.0 Å². The minimum atomic E-state index is -2.01. The maximum atomic E-state index is 14.4. The van der Waals surface area contributed by atoms with E-state index in [-0.39, 0.29) is 50.6 Å². The first-order chi connectivity index (χ1) is 26.8. The number of phenols is 2. The zero-order chi connectivity index (χ0) is 42.5. The molecule has 16 heteroatoms. The van der Waals surface area contributed by atoms with Crippen LogP contribution in [0.4, 0.5) is 11.4 Å². The van der Waals surface area contributed by atoms with Crippen LogP contribution in [0.15, 0.2) is 57.4 Å². The molecule has 0 fully saturated rings. The molecule has 0 aliphatic carbocycles. The van der Waals surface area contributed by atoms with Crippen molar-refractivity contribution in [1.29, 1.82) is 0 Å². The lowest BCUT2D eigenvalue weighted by Crippen LogP contribution is -2.46. The smallest absolute Gasteiger partial charge is 0.312 e. The number of benzene rings is 2. The quantitative estimate of drug-likeness (QED) is 0.0686. The van der Waals surface area contributed by atoms with Crippen LogP contribution < -0.4 is 15.8 Å². The highest BCUT2D eigenvalue weighted by Crippen LogP contribution is 2.54. The highest BCUT2D eigenvalue weighted by molar-refractivity contribution is 6.22. The molecule has 5 rings (SSSR count). The number of ketones is 1. The summed E-state index contributed by atoms with van der Waals surface area (Å²) < 4.78 is 23.6. The van der Waals surface area contributed by atoms with Crippen molar-refractivity contribution in [2.45, 2.75) is 98.9 Å². The molecule has 0 radical (unpaired) electrons. The molecule has 3 aliphatic rings. The van der Waals surface area contributed by atoms with Gasteiger partial charge in [-0.3, -0.25) is 19.4 Å². The third-order valence-electron chi connectivity index (χ3n) is 10.6. The lowest BCUT2D eigenvalue weighted by atomic mass is 9.78. The fourth-order valence-electron chi connectivity index (χ4n) is 7.09. The Labute approximate surface area is 332 Å². The van der Waals surface area contributed by atoms with Crippen molar-refractivity contribution in [2.24, 2.45) is 44.6 Å². The number of anilines is 1. The van der Waals surface area contributed by atoms with Gasteiger partial charge in [0.05, 0.1) is 46.9 Å². The first-order valence-corrected chi connectivity index (χ1v) is 18.9. The molecule has 310 valence electrons. The number of aliphatic imine (C=N–C) groups is 1. The number of nitrogens with one attached hydrogen (secondary N) is 1. The monoisotopic (exact) mass is 793 g/mol. The third-order valence-corrected chi connectivity index (χ3v) is 10.6. The van der Waals surface area contributed by atoms with Crippen LogP contribution >= 0.6 is 0 Å². The number of carbonyl (C=O) groups is 3. The van der Waals surface area contributed by atoms with E-state index >= 15 is 0 Å². The Hall–Kier alpha value is -5.32. The van der Waals surface area contributed by atoms with Gasteiger partial charge in [-0.05, 0) is 32.4 Å². The summed E-state index contributed by atoms with van der Waals surface area (Å²) in [6.07, 6.45) is 4.33. The molecular weight excluding hydrogens is 738 g/mol. The number of nitrogens with two attached hydrogens (primary N) is 1. The minimum Gasteiger partial charge on any atom is -0.507 e. The summed E-state index contributed by atoms with van der Waals surface area (Å²) in [6.45, 7) is 14.9. The Morgan fingerprint density at radius 3 is 2.33 bits per heavy atom. The van der Waals surface area contributed by atoms with Gasteiger partial charge in [0.1, 0.15) is 17.6 Å². The molecular formula is C41H55N5O11. The van der Waals surface area contributed by atoms with Crippen LogP contribution in [0.1, 0.15) is 77.7 Å². The van der Waals surface area contributed by atoms with E-state index in [0.717, 1.165) is 0 Å². The van der Waals surface area contributed by atoms with Crippen LogP contribution in [0.5, 0.6) is 17.2 Å². The maximum absolute atomic E-state index is 14.4. The standard InChI is InChI=1S/C41H55N5O11/c1-11-16-43-40(42)46-45-26-18-27-35(51)30-29(26)31-37(24(7)34(30)50)57-41(9,38(31)52)55-17-15-28(54-10)21(4)36(56-25(8)47)23(6)33(49)22(5)32(48)19(2)13-12-14-20(3)39(53)44-27/h12-15,17-19,21-23,28,32-33,36,48-51H,11,16H2,1-10H3,(H2,42,43)(H,44,53). The molecule has 9 unspecified atom stereocenters. The molecule has 3 aliphatic heterocycles. The second-order valence-electron chi connectivity index (χ2n) is 14.9. The third kappa shape index (κ3) is 9.29. The highest BCUT2D eigenvalue weighted by Gasteiger charge is 2.49. The number of phenolic OH excluding ortho intramolecular Hbond substituents is 2. The summed E-state index contributed by atoms with van der Waals surface area (Å²) in [7, 11) is 1.44. The number of hydrogen-bond acceptors (Lipinski definition) is 13. The predicted molar refractivity (Wildman–Crippen MR) is 213 cm³/mol. The molecule has 2 aromatic carbocycles. The van der Waals surface area contributed by atoms with Crippen LogP contribution in [0, 0.1) is 30.6 Å². The first-order valence-electron chi connectivity index (χ1n) is 18.9. The number of rotatable bonds is 5. The van der Waals surface area contributed by atoms with E-state index in [1.54, 1.807) is 39.8 Å². The molecule has 16 nitrogen and oxygen atoms in total. The van der Waals surface area contributed by atoms with Gasteiger partial charge >= 0.3 is 11.8 Å². The molecule has 5 bridgehead atoms. The fourth-order valence-corrected chi connectivity index (χ4v) is 7.09. The number of guanidine groups is 1. The Balaban J connectivity index is 1.96. The number of azo groups is 1. The number of nitrogens with zero attached hydrogens (tertiary/aromatic N) is 3. The molecule has 2 aromatic rings. The van der Waals surface area contributed by atoms with Gasteiger partial charge in [0.25, 0.3) is 11.7 Å². The van der Waals surface area contributed by atoms with E-state index in [0.29, 0.717) is 13.0 Å². The molecule has 0 spiro atoms. The zero-order valence-electron chi connectivity index (χ0n) is 34.1. The number of fused-ring (bicyclic) bond motifs is 14. The summed E-state index contributed by atoms with van der Waals surface area (Å²) in [5.74, 6) is -7.60. The fraction of sp³-hybridized carbons (Fsp3) is 0.512. The Kier molecular flexibility index (Phi) is 14.3. The second-order valence-corrected chi connectivity index (χ2v) is 14.9. The van der Waals surface area contributed by atoms with Gasteiger partial charge in [-0.15, -0.1) is 10.2 Å². The van der Waals surface area contributed by atoms with Gasteiger partial charge in [0.15, 0.2) is 5.75 Å². The lowest BCUT2D eigenvalue weighted by Gasteiger charge is -2.38. The molecule has 9 atom stereocenters. The Morgan fingerprint density at radius 2 is 1.70 bits per heavy atom. The van der Waals surface area contributed by atoms with Crippen LogP contribution in [0.3, 0.4) is 0 Å². The van der Waals surface area contributed by atoms with Crippen molar-refractivity contribution in [1.82, 2.24) is 0 Å². The van der Waals surface area contributed by atoms with Crippen LogP contribution in [0.2, 0.25) is 0 Å². The average Bonchev–Trinajstić information content (AvgIpc) is 3.44. The van der Waals surface area contributed by atoms with Crippen LogP contribution in [0.25, 0.3) is 10.8 Å². The molecule has 0 aromatic heterocycles. The second kappa shape index (κ2) is 18.3. The molecule has 0 saturated heterocycles. The number of esters is 1. The van der Waals surface area contributed by atoms with E-state index in [1.807, 2.05) is 6.92 Å². The largest absolute Gasteiger partial charge is 0.507 e. The van der Waals surface area contributed by atoms with Crippen molar-refractivity contribution >= 4 is 45.8 Å². The number of carbonyl (C=O) groups excluding carboxylic acids is 3. The number of allylic oxidation sites excluding steroid dienone is 2. The van der Waals surface area contributed by atoms with Gasteiger partial charge in [0.2, 0.25) is 5.96 Å². The number of hydrogen-bond donors (Lipinski definition) is 6. The first kappa shape index (κ1) is 44.4. The van der Waals surface area contributed by atoms with Gasteiger partial charge in [0, 0.05) is 67.7 Å². The van der Waals surface area contributed by atoms with Gasteiger partial charge in [-0.25, -0.2) is 0 Å². The minimum absolute atomic E-state index is 0.0443. The van der Waals surface area contributed by atoms with Crippen molar-refractivity contribution in [2.75, 3.05) is 19.0 Å². The van der Waals surface area contributed by atoms with Crippen LogP contribution in [-0.2, 0) is 23.8 Å². The SMILES string of the molecule is CCCN=C(N)N=Nc1cc2c(O)c3c(O)c(C)c4c(c13)C(=O)C(C)(OC=CC(OC)C(C)C(OC(C)=O)C(C)C(O)C(C)C(O)C(C)C=CC=C(C)C(=O)N2)O4. The summed E-state index contributed by atoms with van der Waals surface area (Å²) in [6, 6.07) is 1.28. The predicted octanol–water partition coefficient (Wildman–Crippen LogP) is 5.86. The zero-order valence-corrected chi connectivity index (χ0v) is 34.1. The van der Waals surface area contributed by atoms with Gasteiger partial charge < -0.3 is 50.4 Å². The Bertz CT molecular complexity index is 2030. The van der Waals surface area contributed by atoms with Crippen molar-refractivity contribution in [3.63, 3.8) is 0 Å². The normalized spacial score (nSPS) is 29.1. The van der Waals surface area contributed by atoms with Crippen LogP contribution in [-0.4, -0.2) is 87.9 Å². The van der Waals surface area contributed by atoms with E-state index in [9.17, 15) is 34.8 Å². The van der Waals surface area contributed by atoms with E-state index in [1.165, 1.54) is 59.3 Å². The number of aliphatic hydroxyl groups excluding tert-OH is 2. The topological polar surface area (TPSA) is 244 Å². The van der Waals surface area contributed by atoms with Gasteiger partial charge in [-0.1, -0.05) is 52.8 Å². The average molecular weight is 794 g/mol. The molecule has 1 amide bonds. The molecule has 7 N–H and O–H groups in total. The van der Waals surface area contributed by atoms with Gasteiger partial charge in [-0.2, -0.15) is 0 Å². The number of aromatic hydroxyl groups is 2. The summed E-state index contributed by atoms with van der Waals surface area (Å²) >= 11 is 0. The van der Waals surface area contributed by atoms with Crippen molar-refractivity contribution in [3.8, 4) is 17.2 Å². The Morgan fingerprint density at radius 1 is 1.02 bits per heavy atom. The highest BCUT2D eigenvalue weighted by atomic mass is 16.7. The summed E-state index contributed by atoms with van der Waals surface area (Å²) in [5.41, 5.74) is 5.96. The summed E-state index contributed by atoms with van der Waals surface area (Å²) in [5, 5.41) is 56.6. The number of amides is 1. The molecule has 0 saturated carbocycles. The van der Waals surface area contributed by atoms with E-state index in [2.05, 4.69) is 20.5 Å². The summed E-state index contributed by atoms with van der Waals surface area (Å²) in [4.78, 5) is 44.3. The van der Waals surface area contributed by atoms with Crippen molar-refractivity contribution < 1.29 is 53.8 Å². The van der Waals surface area contributed by atoms with Crippen molar-refractivity contribution in [3.05, 3.63) is 53.3 Å². The molecule has 57 heavy (non-hydrogen) atoms. The maximum Gasteiger partial charge on any atom is 0.312 e. The number of ether oxygens (including phenoxy) is 4. The lowest BCUT2D eigenvalue weighted by molar-refractivity contribution is -0.160. The number of Topliss-reactive ketones (excluding diaryl/α,β-unsaturated/α-hetero) is 1.